The molecule has 0 amide bonds. The van der Waals surface area contributed by atoms with Crippen molar-refractivity contribution >= 4 is 56.6 Å². The van der Waals surface area contributed by atoms with E-state index in [1.54, 1.807) is 45.0 Å². The molecule has 0 saturated carbocycles. The zero-order chi connectivity index (χ0) is 26.3. The standard InChI is InChI=1S/C24H19BrClN3O6S/c1-11(2)35-23(32)19-12(3)27-24-28(20(19)14-4-6-15(26)7-5-14)22(31)18(36-24)10-13-8-16(25)21(30)17(9-13)29(33)34/h4-11,20,30H,1-3H3/b18-10-/t20-/m1/s1. The van der Waals surface area contributed by atoms with Gasteiger partial charge in [0.25, 0.3) is 5.56 Å². The Hall–Kier alpha value is -3.28. The van der Waals surface area contributed by atoms with Crippen LogP contribution in [0.4, 0.5) is 5.69 Å². The van der Waals surface area contributed by atoms with Gasteiger partial charge >= 0.3 is 11.7 Å². The van der Waals surface area contributed by atoms with E-state index in [4.69, 9.17) is 16.3 Å². The van der Waals surface area contributed by atoms with E-state index in [2.05, 4.69) is 20.9 Å². The highest BCUT2D eigenvalue weighted by Gasteiger charge is 2.33. The monoisotopic (exact) mass is 591 g/mol. The molecule has 0 aliphatic carbocycles. The molecule has 2 heterocycles. The fraction of sp³-hybridized carbons (Fsp3) is 0.208. The van der Waals surface area contributed by atoms with Crippen molar-refractivity contribution in [2.75, 3.05) is 0 Å². The Morgan fingerprint density at radius 1 is 1.33 bits per heavy atom. The number of fused-ring (bicyclic) bond motifs is 1. The Kier molecular flexibility index (Phi) is 7.17. The van der Waals surface area contributed by atoms with Crippen molar-refractivity contribution in [3.8, 4) is 5.75 Å². The number of nitro benzene ring substituents is 1. The van der Waals surface area contributed by atoms with Gasteiger partial charge in [-0.1, -0.05) is 35.1 Å². The smallest absolute Gasteiger partial charge is 0.338 e. The summed E-state index contributed by atoms with van der Waals surface area (Å²) in [5.41, 5.74) is 0.671. The first kappa shape index (κ1) is 25.8. The molecule has 2 aromatic carbocycles. The van der Waals surface area contributed by atoms with E-state index in [0.29, 0.717) is 26.6 Å². The number of nitro groups is 1. The molecule has 186 valence electrons. The quantitative estimate of drug-likeness (QED) is 0.269. The van der Waals surface area contributed by atoms with E-state index < -0.39 is 33.9 Å². The lowest BCUT2D eigenvalue weighted by atomic mass is 9.96. The van der Waals surface area contributed by atoms with Crippen LogP contribution >= 0.6 is 38.9 Å². The number of phenolic OH excluding ortho intramolecular Hbond substituents is 1. The molecule has 4 rings (SSSR count). The summed E-state index contributed by atoms with van der Waals surface area (Å²) in [6.07, 6.45) is 1.10. The number of hydrogen-bond donors (Lipinski definition) is 1. The van der Waals surface area contributed by atoms with Crippen LogP contribution in [0.2, 0.25) is 5.02 Å². The van der Waals surface area contributed by atoms with Crippen molar-refractivity contribution in [2.24, 2.45) is 4.99 Å². The summed E-state index contributed by atoms with van der Waals surface area (Å²) in [5, 5.41) is 21.8. The first-order chi connectivity index (χ1) is 17.0. The van der Waals surface area contributed by atoms with E-state index in [-0.39, 0.29) is 20.7 Å². The van der Waals surface area contributed by atoms with E-state index in [1.807, 2.05) is 0 Å². The highest BCUT2D eigenvalue weighted by molar-refractivity contribution is 9.10. The molecule has 1 N–H and O–H groups in total. The number of allylic oxidation sites excluding steroid dienone is 1. The molecular formula is C24H19BrClN3O6S. The number of carbonyl (C=O) groups is 1. The number of thiazole rings is 1. The summed E-state index contributed by atoms with van der Waals surface area (Å²) in [6.45, 7) is 5.14. The first-order valence-electron chi connectivity index (χ1n) is 10.6. The Bertz CT molecular complexity index is 1610. The van der Waals surface area contributed by atoms with Gasteiger partial charge in [-0.05, 0) is 72.1 Å². The van der Waals surface area contributed by atoms with Crippen LogP contribution in [0.15, 0.2) is 61.9 Å². The van der Waals surface area contributed by atoms with E-state index >= 15 is 0 Å². The van der Waals surface area contributed by atoms with Crippen LogP contribution in [0.25, 0.3) is 6.08 Å². The summed E-state index contributed by atoms with van der Waals surface area (Å²) in [5.74, 6) is -1.09. The van der Waals surface area contributed by atoms with Gasteiger partial charge in [0, 0.05) is 11.1 Å². The lowest BCUT2D eigenvalue weighted by Crippen LogP contribution is -2.40. The molecule has 3 aromatic rings. The number of aromatic hydroxyl groups is 1. The first-order valence-corrected chi connectivity index (χ1v) is 12.6. The summed E-state index contributed by atoms with van der Waals surface area (Å²) in [4.78, 5) is 42.2. The average Bonchev–Trinajstić information content (AvgIpc) is 3.09. The lowest BCUT2D eigenvalue weighted by molar-refractivity contribution is -0.386. The van der Waals surface area contributed by atoms with Crippen LogP contribution in [0.5, 0.6) is 5.75 Å². The van der Waals surface area contributed by atoms with Crippen molar-refractivity contribution < 1.29 is 19.6 Å². The number of nitrogens with zero attached hydrogens (tertiary/aromatic N) is 3. The number of phenols is 1. The van der Waals surface area contributed by atoms with E-state index in [9.17, 15) is 24.8 Å². The molecule has 0 fully saturated rings. The number of aromatic nitrogens is 1. The van der Waals surface area contributed by atoms with Gasteiger partial charge in [-0.3, -0.25) is 19.5 Å². The highest BCUT2D eigenvalue weighted by atomic mass is 79.9. The maximum Gasteiger partial charge on any atom is 0.338 e. The van der Waals surface area contributed by atoms with Crippen LogP contribution in [0.3, 0.4) is 0 Å². The summed E-state index contributed by atoms with van der Waals surface area (Å²) >= 11 is 10.3. The Balaban J connectivity index is 1.95. The maximum atomic E-state index is 13.6. The minimum Gasteiger partial charge on any atom is -0.501 e. The molecule has 0 radical (unpaired) electrons. The van der Waals surface area contributed by atoms with Gasteiger partial charge in [0.05, 0.1) is 37.3 Å². The third-order valence-electron chi connectivity index (χ3n) is 5.33. The van der Waals surface area contributed by atoms with Crippen molar-refractivity contribution in [3.63, 3.8) is 0 Å². The number of benzene rings is 2. The van der Waals surface area contributed by atoms with Crippen molar-refractivity contribution in [1.82, 2.24) is 4.57 Å². The molecule has 1 atom stereocenters. The van der Waals surface area contributed by atoms with Gasteiger partial charge in [-0.2, -0.15) is 0 Å². The number of ether oxygens (including phenoxy) is 1. The van der Waals surface area contributed by atoms with Crippen molar-refractivity contribution in [1.29, 1.82) is 0 Å². The molecule has 12 heteroatoms. The van der Waals surface area contributed by atoms with Gasteiger partial charge in [-0.15, -0.1) is 0 Å². The average molecular weight is 593 g/mol. The van der Waals surface area contributed by atoms with Crippen molar-refractivity contribution in [3.05, 3.63) is 98.1 Å². The second-order valence-corrected chi connectivity index (χ2v) is 10.5. The molecule has 0 bridgehead atoms. The van der Waals surface area contributed by atoms with Crippen molar-refractivity contribution in [2.45, 2.75) is 32.9 Å². The van der Waals surface area contributed by atoms with Gasteiger partial charge in [0.15, 0.2) is 4.80 Å². The highest BCUT2D eigenvalue weighted by Crippen LogP contribution is 2.35. The van der Waals surface area contributed by atoms with E-state index in [1.165, 1.54) is 22.8 Å². The fourth-order valence-electron chi connectivity index (χ4n) is 3.80. The molecule has 0 spiro atoms. The third kappa shape index (κ3) is 4.86. The molecule has 1 aliphatic heterocycles. The van der Waals surface area contributed by atoms with Gasteiger partial charge in [-0.25, -0.2) is 9.79 Å². The maximum absolute atomic E-state index is 13.6. The minimum absolute atomic E-state index is 0.115. The Morgan fingerprint density at radius 3 is 2.61 bits per heavy atom. The molecule has 9 nitrogen and oxygen atoms in total. The number of hydrogen-bond acceptors (Lipinski definition) is 8. The molecule has 1 aliphatic rings. The minimum atomic E-state index is -0.812. The predicted molar refractivity (Wildman–Crippen MR) is 139 cm³/mol. The summed E-state index contributed by atoms with van der Waals surface area (Å²) in [6, 6.07) is 8.62. The van der Waals surface area contributed by atoms with Gasteiger partial charge in [0.1, 0.15) is 0 Å². The Labute approximate surface area is 221 Å². The molecule has 36 heavy (non-hydrogen) atoms. The topological polar surface area (TPSA) is 124 Å². The zero-order valence-electron chi connectivity index (χ0n) is 19.2. The van der Waals surface area contributed by atoms with Crippen LogP contribution < -0.4 is 14.9 Å². The SMILES string of the molecule is CC1=C(C(=O)OC(C)C)[C@@H](c2ccc(Cl)cc2)n2c(s/c(=C\c3cc(Br)c(O)c([N+](=O)[O-])c3)c2=O)=N1. The fourth-order valence-corrected chi connectivity index (χ4v) is 5.44. The molecular weight excluding hydrogens is 574 g/mol. The largest absolute Gasteiger partial charge is 0.501 e. The Morgan fingerprint density at radius 2 is 2.00 bits per heavy atom. The number of carbonyl (C=O) groups excluding carboxylic acids is 1. The molecule has 1 aromatic heterocycles. The summed E-state index contributed by atoms with van der Waals surface area (Å²) in [7, 11) is 0. The second-order valence-electron chi connectivity index (χ2n) is 8.21. The van der Waals surface area contributed by atoms with Crippen LogP contribution in [0, 0.1) is 10.1 Å². The zero-order valence-corrected chi connectivity index (χ0v) is 22.3. The van der Waals surface area contributed by atoms with Crippen LogP contribution in [-0.4, -0.2) is 26.7 Å². The van der Waals surface area contributed by atoms with Gasteiger partial charge in [0.2, 0.25) is 5.75 Å². The lowest BCUT2D eigenvalue weighted by Gasteiger charge is -2.25. The normalized spacial score (nSPS) is 15.6. The number of rotatable bonds is 5. The molecule has 0 unspecified atom stereocenters. The van der Waals surface area contributed by atoms with Gasteiger partial charge < -0.3 is 9.84 Å². The third-order valence-corrected chi connectivity index (χ3v) is 7.17. The van der Waals surface area contributed by atoms with Crippen LogP contribution in [0.1, 0.15) is 37.9 Å². The summed E-state index contributed by atoms with van der Waals surface area (Å²) < 4.78 is 7.22. The predicted octanol–water partition coefficient (Wildman–Crippen LogP) is 4.22. The van der Waals surface area contributed by atoms with Crippen LogP contribution in [-0.2, 0) is 9.53 Å². The number of esters is 1. The number of halogens is 2. The second kappa shape index (κ2) is 10.00. The van der Waals surface area contributed by atoms with E-state index in [0.717, 1.165) is 11.3 Å². The molecule has 0 saturated heterocycles.